The molecule has 3 amide bonds. The first-order chi connectivity index (χ1) is 9.27. The third-order valence-corrected chi connectivity index (χ3v) is 2.80. The van der Waals surface area contributed by atoms with E-state index in [0.717, 1.165) is 6.42 Å². The second-order valence-electron chi connectivity index (χ2n) is 5.23. The van der Waals surface area contributed by atoms with Crippen LogP contribution >= 0.6 is 0 Å². The van der Waals surface area contributed by atoms with E-state index in [1.807, 2.05) is 20.8 Å². The highest BCUT2D eigenvalue weighted by molar-refractivity contribution is 5.89. The van der Waals surface area contributed by atoms with Gasteiger partial charge in [-0.15, -0.1) is 0 Å². The summed E-state index contributed by atoms with van der Waals surface area (Å²) in [5, 5.41) is 13.9. The van der Waals surface area contributed by atoms with Gasteiger partial charge in [0, 0.05) is 0 Å². The number of amides is 3. The molecule has 0 bridgehead atoms. The normalized spacial score (nSPS) is 13.6. The first-order valence-corrected chi connectivity index (χ1v) is 6.87. The molecule has 7 nitrogen and oxygen atoms in total. The Morgan fingerprint density at radius 1 is 1.15 bits per heavy atom. The van der Waals surface area contributed by atoms with Gasteiger partial charge in [0.25, 0.3) is 0 Å². The fraction of sp³-hybridized carbons (Fsp3) is 0.769. The summed E-state index contributed by atoms with van der Waals surface area (Å²) in [6.45, 7) is 5.74. The number of rotatable bonds is 9. The van der Waals surface area contributed by atoms with Crippen LogP contribution in [0.2, 0.25) is 0 Å². The highest BCUT2D eigenvalue weighted by Gasteiger charge is 2.26. The lowest BCUT2D eigenvalue weighted by molar-refractivity contribution is -0.142. The van der Waals surface area contributed by atoms with Crippen molar-refractivity contribution in [3.8, 4) is 0 Å². The van der Waals surface area contributed by atoms with Crippen molar-refractivity contribution in [3.63, 3.8) is 0 Å². The van der Waals surface area contributed by atoms with Crippen molar-refractivity contribution in [2.24, 2.45) is 11.7 Å². The molecule has 0 fully saturated rings. The van der Waals surface area contributed by atoms with E-state index in [1.165, 1.54) is 0 Å². The Morgan fingerprint density at radius 2 is 1.75 bits per heavy atom. The summed E-state index contributed by atoms with van der Waals surface area (Å²) >= 11 is 0. The Kier molecular flexibility index (Phi) is 8.35. The van der Waals surface area contributed by atoms with Crippen LogP contribution in [0.5, 0.6) is 0 Å². The number of carboxylic acids is 1. The molecule has 0 aliphatic carbocycles. The van der Waals surface area contributed by atoms with Crippen molar-refractivity contribution in [1.29, 1.82) is 0 Å². The molecule has 0 aromatic rings. The standard InChI is InChI=1S/C13H25N3O4/c1-4-5-6-9(12(18)19)15-11(17)10(7-8(2)3)16-13(14)20/h8-10H,4-7H2,1-3H3,(H,15,17)(H,18,19)(H3,14,16,20). The lowest BCUT2D eigenvalue weighted by Crippen LogP contribution is -2.53. The van der Waals surface area contributed by atoms with Crippen molar-refractivity contribution >= 4 is 17.9 Å². The van der Waals surface area contributed by atoms with E-state index in [1.54, 1.807) is 0 Å². The smallest absolute Gasteiger partial charge is 0.326 e. The van der Waals surface area contributed by atoms with Gasteiger partial charge in [-0.05, 0) is 18.8 Å². The van der Waals surface area contributed by atoms with Crippen molar-refractivity contribution in [1.82, 2.24) is 10.6 Å². The van der Waals surface area contributed by atoms with Crippen LogP contribution in [0.15, 0.2) is 0 Å². The first kappa shape index (κ1) is 18.2. The summed E-state index contributed by atoms with van der Waals surface area (Å²) in [5.41, 5.74) is 5.03. The van der Waals surface area contributed by atoms with E-state index in [0.29, 0.717) is 19.3 Å². The lowest BCUT2D eigenvalue weighted by atomic mass is 10.0. The third-order valence-electron chi connectivity index (χ3n) is 2.80. The fourth-order valence-electron chi connectivity index (χ4n) is 1.81. The van der Waals surface area contributed by atoms with Crippen molar-refractivity contribution in [3.05, 3.63) is 0 Å². The molecule has 0 aliphatic heterocycles. The molecule has 2 atom stereocenters. The number of nitrogens with one attached hydrogen (secondary N) is 2. The second kappa shape index (κ2) is 9.17. The highest BCUT2D eigenvalue weighted by Crippen LogP contribution is 2.07. The van der Waals surface area contributed by atoms with Gasteiger partial charge in [-0.2, -0.15) is 0 Å². The zero-order chi connectivity index (χ0) is 15.7. The predicted octanol–water partition coefficient (Wildman–Crippen LogP) is 0.829. The summed E-state index contributed by atoms with van der Waals surface area (Å²) in [5.74, 6) is -1.42. The monoisotopic (exact) mass is 287 g/mol. The van der Waals surface area contributed by atoms with Crippen LogP contribution < -0.4 is 16.4 Å². The molecule has 0 radical (unpaired) electrons. The number of carboxylic acid groups (broad SMARTS) is 1. The zero-order valence-corrected chi connectivity index (χ0v) is 12.3. The molecule has 0 aromatic heterocycles. The van der Waals surface area contributed by atoms with Crippen molar-refractivity contribution in [2.75, 3.05) is 0 Å². The molecule has 0 saturated carbocycles. The molecule has 2 unspecified atom stereocenters. The summed E-state index contributed by atoms with van der Waals surface area (Å²) < 4.78 is 0. The maximum absolute atomic E-state index is 12.0. The van der Waals surface area contributed by atoms with Crippen LogP contribution in [0.3, 0.4) is 0 Å². The molecule has 0 aliphatic rings. The molecule has 116 valence electrons. The number of hydrogen-bond donors (Lipinski definition) is 4. The number of hydrogen-bond acceptors (Lipinski definition) is 3. The molecule has 0 rings (SSSR count). The number of aliphatic carboxylic acids is 1. The molecule has 0 heterocycles. The van der Waals surface area contributed by atoms with E-state index in [-0.39, 0.29) is 5.92 Å². The Balaban J connectivity index is 4.68. The molecular weight excluding hydrogens is 262 g/mol. The van der Waals surface area contributed by atoms with Gasteiger partial charge in [0.1, 0.15) is 12.1 Å². The minimum atomic E-state index is -1.07. The average Bonchev–Trinajstić information content (AvgIpc) is 2.31. The van der Waals surface area contributed by atoms with E-state index in [9.17, 15) is 14.4 Å². The van der Waals surface area contributed by atoms with Crippen molar-refractivity contribution < 1.29 is 19.5 Å². The van der Waals surface area contributed by atoms with Crippen LogP contribution in [-0.4, -0.2) is 35.1 Å². The number of carbonyl (C=O) groups is 3. The van der Waals surface area contributed by atoms with E-state index in [2.05, 4.69) is 10.6 Å². The summed E-state index contributed by atoms with van der Waals surface area (Å²) in [7, 11) is 0. The number of carbonyl (C=O) groups excluding carboxylic acids is 2. The Labute approximate surface area is 119 Å². The van der Waals surface area contributed by atoms with E-state index in [4.69, 9.17) is 10.8 Å². The highest BCUT2D eigenvalue weighted by atomic mass is 16.4. The molecule has 20 heavy (non-hydrogen) atoms. The minimum Gasteiger partial charge on any atom is -0.480 e. The van der Waals surface area contributed by atoms with Gasteiger partial charge in [-0.1, -0.05) is 33.6 Å². The fourth-order valence-corrected chi connectivity index (χ4v) is 1.81. The van der Waals surface area contributed by atoms with Crippen LogP contribution in [0, 0.1) is 5.92 Å². The molecule has 0 spiro atoms. The van der Waals surface area contributed by atoms with Crippen molar-refractivity contribution in [2.45, 2.75) is 58.5 Å². The van der Waals surface area contributed by atoms with E-state index < -0.39 is 30.0 Å². The number of unbranched alkanes of at least 4 members (excludes halogenated alkanes) is 1. The predicted molar refractivity (Wildman–Crippen MR) is 75.1 cm³/mol. The summed E-state index contributed by atoms with van der Waals surface area (Å²) in [6, 6.07) is -2.55. The van der Waals surface area contributed by atoms with Crippen LogP contribution in [-0.2, 0) is 9.59 Å². The molecular formula is C13H25N3O4. The first-order valence-electron chi connectivity index (χ1n) is 6.87. The van der Waals surface area contributed by atoms with E-state index >= 15 is 0 Å². The van der Waals surface area contributed by atoms with Gasteiger partial charge in [-0.25, -0.2) is 9.59 Å². The zero-order valence-electron chi connectivity index (χ0n) is 12.3. The Morgan fingerprint density at radius 3 is 2.15 bits per heavy atom. The minimum absolute atomic E-state index is 0.163. The van der Waals surface area contributed by atoms with Gasteiger partial charge < -0.3 is 21.5 Å². The van der Waals surface area contributed by atoms with Gasteiger partial charge >= 0.3 is 12.0 Å². The molecule has 5 N–H and O–H groups in total. The van der Waals surface area contributed by atoms with Gasteiger partial charge in [0.15, 0.2) is 0 Å². The van der Waals surface area contributed by atoms with Crippen LogP contribution in [0.1, 0.15) is 46.5 Å². The quantitative estimate of drug-likeness (QED) is 0.501. The number of primary amides is 1. The lowest BCUT2D eigenvalue weighted by Gasteiger charge is -2.22. The third kappa shape index (κ3) is 7.60. The Hall–Kier alpha value is -1.79. The van der Waals surface area contributed by atoms with Gasteiger partial charge in [0.05, 0.1) is 0 Å². The maximum Gasteiger partial charge on any atom is 0.326 e. The maximum atomic E-state index is 12.0. The van der Waals surface area contributed by atoms with Gasteiger partial charge in [0.2, 0.25) is 5.91 Å². The average molecular weight is 287 g/mol. The van der Waals surface area contributed by atoms with Gasteiger partial charge in [-0.3, -0.25) is 4.79 Å². The molecule has 7 heteroatoms. The van der Waals surface area contributed by atoms with Crippen LogP contribution in [0.25, 0.3) is 0 Å². The summed E-state index contributed by atoms with van der Waals surface area (Å²) in [6.07, 6.45) is 2.31. The second-order valence-corrected chi connectivity index (χ2v) is 5.23. The summed E-state index contributed by atoms with van der Waals surface area (Å²) in [4.78, 5) is 34.0. The Bertz CT molecular complexity index is 345. The van der Waals surface area contributed by atoms with Crippen LogP contribution in [0.4, 0.5) is 4.79 Å². The number of urea groups is 1. The SMILES string of the molecule is CCCCC(NC(=O)C(CC(C)C)NC(N)=O)C(=O)O. The molecule has 0 aromatic carbocycles. The topological polar surface area (TPSA) is 122 Å². The molecule has 0 saturated heterocycles. The number of nitrogens with two attached hydrogens (primary N) is 1. The largest absolute Gasteiger partial charge is 0.480 e.